The number of hydrogen-bond acceptors (Lipinski definition) is 1. The fraction of sp³-hybridized carbons (Fsp3) is 0.833. The molecule has 0 radical (unpaired) electrons. The molecule has 0 aliphatic rings. The van der Waals surface area contributed by atoms with Crippen molar-refractivity contribution in [2.75, 3.05) is 0 Å². The van der Waals surface area contributed by atoms with Gasteiger partial charge in [-0.15, -0.1) is 0 Å². The first-order chi connectivity index (χ1) is 3.35. The Hall–Kier alpha value is 0.373. The topological polar surface area (TPSA) is 23.8 Å². The van der Waals surface area contributed by atoms with Crippen molar-refractivity contribution < 1.29 is 26.2 Å². The van der Waals surface area contributed by atoms with Crippen LogP contribution in [-0.2, 0) is 26.2 Å². The van der Waals surface area contributed by atoms with E-state index in [9.17, 15) is 0 Å². The van der Waals surface area contributed by atoms with Crippen LogP contribution in [0.1, 0.15) is 26.7 Å². The summed E-state index contributed by atoms with van der Waals surface area (Å²) in [5, 5.41) is 8.28. The van der Waals surface area contributed by atoms with Crippen LogP contribution < -0.4 is 0 Å². The number of hydrogen-bond donors (Lipinski definition) is 0. The van der Waals surface area contributed by atoms with E-state index in [0.29, 0.717) is 5.92 Å². The van der Waals surface area contributed by atoms with Gasteiger partial charge in [0, 0.05) is 32.1 Å². The maximum atomic E-state index is 8.28. The van der Waals surface area contributed by atoms with Crippen LogP contribution in [0, 0.1) is 17.2 Å². The second-order valence-electron chi connectivity index (χ2n) is 1.64. The molecule has 0 rings (SSSR count). The van der Waals surface area contributed by atoms with Gasteiger partial charge in [0.25, 0.3) is 0 Å². The molecule has 0 N–H and O–H groups in total. The molecule has 0 amide bonds. The van der Waals surface area contributed by atoms with E-state index in [2.05, 4.69) is 6.07 Å². The summed E-state index contributed by atoms with van der Waals surface area (Å²) in [6.07, 6.45) is 1.99. The van der Waals surface area contributed by atoms with Crippen LogP contribution in [0.25, 0.3) is 0 Å². The summed E-state index contributed by atoms with van der Waals surface area (Å²) in [6, 6.07) is 2.20. The summed E-state index contributed by atoms with van der Waals surface area (Å²) in [7, 11) is 0. The van der Waals surface area contributed by atoms with Gasteiger partial charge in [0.05, 0.1) is 6.07 Å². The van der Waals surface area contributed by atoms with E-state index in [1.165, 1.54) is 0 Å². The van der Waals surface area contributed by atoms with E-state index in [1.54, 1.807) is 0 Å². The predicted molar refractivity (Wildman–Crippen MR) is 29.7 cm³/mol. The minimum Gasteiger partial charge on any atom is -0.198 e. The maximum Gasteiger partial charge on any atom is 0.0655 e. The Labute approximate surface area is 70.2 Å². The number of nitrogens with zero attached hydrogens (tertiary/aromatic N) is 1. The third-order valence-corrected chi connectivity index (χ3v) is 1.17. The monoisotopic (exact) mass is 187 g/mol. The van der Waals surface area contributed by atoms with Crippen LogP contribution in [0.2, 0.25) is 0 Å². The zero-order valence-corrected chi connectivity index (χ0v) is 7.90. The second kappa shape index (κ2) is 7.37. The van der Waals surface area contributed by atoms with Gasteiger partial charge >= 0.3 is 0 Å². The summed E-state index contributed by atoms with van der Waals surface area (Å²) in [6.45, 7) is 4.08. The molecule has 0 aromatic rings. The van der Waals surface area contributed by atoms with Crippen molar-refractivity contribution in [2.24, 2.45) is 5.92 Å². The van der Waals surface area contributed by atoms with Crippen LogP contribution >= 0.6 is 0 Å². The van der Waals surface area contributed by atoms with Gasteiger partial charge in [0.2, 0.25) is 0 Å². The van der Waals surface area contributed by atoms with Gasteiger partial charge < -0.3 is 0 Å². The van der Waals surface area contributed by atoms with Crippen molar-refractivity contribution in [1.82, 2.24) is 0 Å². The van der Waals surface area contributed by atoms with E-state index < -0.39 is 0 Å². The molecule has 0 bridgehead atoms. The number of nitriles is 1. The minimum absolute atomic E-state index is 0. The Morgan fingerprint density at radius 3 is 1.75 bits per heavy atom. The van der Waals surface area contributed by atoms with Crippen molar-refractivity contribution in [2.45, 2.75) is 26.7 Å². The average Bonchev–Trinajstić information content (AvgIpc) is 1.72. The van der Waals surface area contributed by atoms with Gasteiger partial charge in [-0.2, -0.15) is 5.26 Å². The summed E-state index contributed by atoms with van der Waals surface area (Å²) in [5.41, 5.74) is 0. The first kappa shape index (κ1) is 11.2. The summed E-state index contributed by atoms with van der Waals surface area (Å²) >= 11 is 0. The van der Waals surface area contributed by atoms with Gasteiger partial charge in [0.15, 0.2) is 0 Å². The molecule has 0 aliphatic heterocycles. The van der Waals surface area contributed by atoms with E-state index >= 15 is 0 Å². The van der Waals surface area contributed by atoms with Gasteiger partial charge in [0.1, 0.15) is 0 Å². The van der Waals surface area contributed by atoms with E-state index in [0.717, 1.165) is 12.8 Å². The zero-order valence-electron chi connectivity index (χ0n) is 5.44. The first-order valence-corrected chi connectivity index (χ1v) is 2.74. The van der Waals surface area contributed by atoms with Crippen LogP contribution in [0.15, 0.2) is 0 Å². The molecule has 0 unspecified atom stereocenters. The molecule has 0 aromatic carbocycles. The molecule has 0 saturated carbocycles. The maximum absolute atomic E-state index is 8.28. The second-order valence-corrected chi connectivity index (χ2v) is 1.64. The van der Waals surface area contributed by atoms with Crippen LogP contribution in [0.5, 0.6) is 0 Å². The molecule has 0 heterocycles. The van der Waals surface area contributed by atoms with Gasteiger partial charge in [-0.3, -0.25) is 0 Å². The van der Waals surface area contributed by atoms with E-state index in [4.69, 9.17) is 5.26 Å². The van der Waals surface area contributed by atoms with Crippen LogP contribution in [0.3, 0.4) is 0 Å². The van der Waals surface area contributed by atoms with Gasteiger partial charge in [-0.25, -0.2) is 0 Å². The fourth-order valence-corrected chi connectivity index (χ4v) is 0.471. The van der Waals surface area contributed by atoms with Crippen LogP contribution in [-0.4, -0.2) is 0 Å². The molecule has 0 saturated heterocycles. The van der Waals surface area contributed by atoms with Crippen molar-refractivity contribution in [3.05, 3.63) is 0 Å². The molecule has 0 atom stereocenters. The molecule has 44 valence electrons. The molecule has 8 heavy (non-hydrogen) atoms. The largest absolute Gasteiger partial charge is 0.198 e. The van der Waals surface area contributed by atoms with Crippen LogP contribution in [0.4, 0.5) is 0 Å². The fourth-order valence-electron chi connectivity index (χ4n) is 0.471. The Balaban J connectivity index is 0. The minimum atomic E-state index is 0. The predicted octanol–water partition coefficient (Wildman–Crippen LogP) is 1.94. The third-order valence-electron chi connectivity index (χ3n) is 1.17. The van der Waals surface area contributed by atoms with Crippen molar-refractivity contribution >= 4 is 0 Å². The molecular weight excluding hydrogens is 177 g/mol. The average molecular weight is 188 g/mol. The first-order valence-electron chi connectivity index (χ1n) is 2.74. The molecular formula is C6H11NZr. The number of rotatable bonds is 2. The van der Waals surface area contributed by atoms with Gasteiger partial charge in [-0.1, -0.05) is 13.8 Å². The molecule has 0 aromatic heterocycles. The normalized spacial score (nSPS) is 7.75. The molecule has 0 spiro atoms. The van der Waals surface area contributed by atoms with Crippen molar-refractivity contribution in [3.8, 4) is 6.07 Å². The molecule has 2 heteroatoms. The van der Waals surface area contributed by atoms with E-state index in [-0.39, 0.29) is 26.2 Å². The SMILES string of the molecule is CCC(C#N)CC.[Zr]. The van der Waals surface area contributed by atoms with Crippen molar-refractivity contribution in [3.63, 3.8) is 0 Å². The van der Waals surface area contributed by atoms with E-state index in [1.807, 2.05) is 13.8 Å². The summed E-state index contributed by atoms with van der Waals surface area (Å²) in [5.74, 6) is 0.292. The third kappa shape index (κ3) is 4.53. The molecule has 0 fully saturated rings. The Bertz CT molecular complexity index is 71.1. The summed E-state index contributed by atoms with van der Waals surface area (Å²) < 4.78 is 0. The van der Waals surface area contributed by atoms with Gasteiger partial charge in [-0.05, 0) is 12.8 Å². The van der Waals surface area contributed by atoms with Crippen molar-refractivity contribution in [1.29, 1.82) is 5.26 Å². The standard InChI is InChI=1S/C6H11N.Zr/c1-3-6(4-2)5-7;/h6H,3-4H2,1-2H3;. The smallest absolute Gasteiger partial charge is 0.0655 e. The Kier molecular flexibility index (Phi) is 10.3. The zero-order chi connectivity index (χ0) is 5.70. The summed E-state index contributed by atoms with van der Waals surface area (Å²) in [4.78, 5) is 0. The quantitative estimate of drug-likeness (QED) is 0.650. The Morgan fingerprint density at radius 2 is 1.75 bits per heavy atom. The molecule has 0 aliphatic carbocycles. The Morgan fingerprint density at radius 1 is 1.38 bits per heavy atom. The molecule has 1 nitrogen and oxygen atoms in total.